The molecule has 1 aromatic carbocycles. The molecule has 0 unspecified atom stereocenters. The molecule has 2 N–H and O–H groups in total. The van der Waals surface area contributed by atoms with Crippen LogP contribution < -0.4 is 25.4 Å². The number of rotatable bonds is 9. The predicted molar refractivity (Wildman–Crippen MR) is 133 cm³/mol. The highest BCUT2D eigenvalue weighted by Gasteiger charge is 2.16. The van der Waals surface area contributed by atoms with Gasteiger partial charge in [0.15, 0.2) is 5.57 Å². The summed E-state index contributed by atoms with van der Waals surface area (Å²) in [5, 5.41) is 15.4. The molecule has 3 rings (SSSR count). The maximum Gasteiger partial charge on any atom is 0.351 e. The number of amides is 1. The molecule has 1 fully saturated rings. The summed E-state index contributed by atoms with van der Waals surface area (Å²) >= 11 is 1.05. The first kappa shape index (κ1) is 25.2. The van der Waals surface area contributed by atoms with Gasteiger partial charge in [-0.2, -0.15) is 5.26 Å². The molecule has 9 nitrogen and oxygen atoms in total. The number of carbonyl (C=O) groups is 2. The second-order valence-electron chi connectivity index (χ2n) is 7.74. The number of carbonyl (C=O) groups excluding carboxylic acids is 2. The third kappa shape index (κ3) is 6.34. The quantitative estimate of drug-likeness (QED) is 0.519. The second kappa shape index (κ2) is 12.2. The van der Waals surface area contributed by atoms with Gasteiger partial charge < -0.3 is 20.3 Å². The first-order valence-corrected chi connectivity index (χ1v) is 12.2. The molecular formula is C24H29N5O4S. The van der Waals surface area contributed by atoms with Crippen molar-refractivity contribution in [3.63, 3.8) is 0 Å². The monoisotopic (exact) mass is 483 g/mol. The average molecular weight is 484 g/mol. The van der Waals surface area contributed by atoms with Crippen LogP contribution in [0.3, 0.4) is 0 Å². The summed E-state index contributed by atoms with van der Waals surface area (Å²) in [6, 6.07) is 9.07. The van der Waals surface area contributed by atoms with E-state index in [4.69, 9.17) is 4.74 Å². The van der Waals surface area contributed by atoms with Gasteiger partial charge in [-0.15, -0.1) is 11.3 Å². The molecule has 180 valence electrons. The number of hydrogen-bond acceptors (Lipinski definition) is 8. The molecule has 0 bridgehead atoms. The fourth-order valence-corrected chi connectivity index (χ4v) is 4.78. The lowest BCUT2D eigenvalue weighted by molar-refractivity contribution is -0.136. The van der Waals surface area contributed by atoms with E-state index in [1.54, 1.807) is 32.0 Å². The highest BCUT2D eigenvalue weighted by Crippen LogP contribution is 2.16. The van der Waals surface area contributed by atoms with Crippen LogP contribution in [0.1, 0.15) is 33.1 Å². The first-order chi connectivity index (χ1) is 16.5. The largest absolute Gasteiger partial charge is 0.462 e. The molecule has 1 saturated heterocycles. The molecule has 2 aromatic rings. The van der Waals surface area contributed by atoms with Crippen molar-refractivity contribution in [3.8, 4) is 6.07 Å². The molecule has 1 aliphatic rings. The Labute approximate surface area is 201 Å². The summed E-state index contributed by atoms with van der Waals surface area (Å²) in [4.78, 5) is 39.5. The molecule has 0 radical (unpaired) electrons. The highest BCUT2D eigenvalue weighted by atomic mass is 32.1. The summed E-state index contributed by atoms with van der Waals surface area (Å²) in [7, 11) is 0. The number of esters is 1. The van der Waals surface area contributed by atoms with Crippen molar-refractivity contribution < 1.29 is 14.3 Å². The Morgan fingerprint density at radius 1 is 1.24 bits per heavy atom. The van der Waals surface area contributed by atoms with Gasteiger partial charge in [-0.1, -0.05) is 6.07 Å². The van der Waals surface area contributed by atoms with E-state index < -0.39 is 5.97 Å². The maximum absolute atomic E-state index is 12.8. The third-order valence-electron chi connectivity index (χ3n) is 5.40. The zero-order chi connectivity index (χ0) is 24.5. The molecule has 0 spiro atoms. The van der Waals surface area contributed by atoms with Gasteiger partial charge >= 0.3 is 5.97 Å². The number of anilines is 2. The van der Waals surface area contributed by atoms with Crippen LogP contribution in [-0.2, 0) is 20.9 Å². The van der Waals surface area contributed by atoms with E-state index in [-0.39, 0.29) is 28.3 Å². The van der Waals surface area contributed by atoms with Crippen LogP contribution in [0.2, 0.25) is 0 Å². The van der Waals surface area contributed by atoms with Gasteiger partial charge in [-0.3, -0.25) is 14.2 Å². The van der Waals surface area contributed by atoms with Crippen LogP contribution in [0.25, 0.3) is 11.8 Å². The van der Waals surface area contributed by atoms with E-state index in [0.717, 1.165) is 31.0 Å². The summed E-state index contributed by atoms with van der Waals surface area (Å²) in [6.45, 7) is 6.74. The van der Waals surface area contributed by atoms with E-state index >= 15 is 0 Å². The van der Waals surface area contributed by atoms with Gasteiger partial charge in [0.1, 0.15) is 15.3 Å². The number of ether oxygens (including phenoxy) is 1. The minimum absolute atomic E-state index is 0.0414. The SMILES string of the molecule is CCOC(=O)C(C#N)=c1sc(=CNc2cccc(NC(=O)CCN3CCCC3)c2)c(=O)n1CC. The van der Waals surface area contributed by atoms with Crippen LogP contribution in [0, 0.1) is 11.3 Å². The lowest BCUT2D eigenvalue weighted by atomic mass is 10.2. The summed E-state index contributed by atoms with van der Waals surface area (Å²) < 4.78 is 6.93. The fourth-order valence-electron chi connectivity index (χ4n) is 3.70. The van der Waals surface area contributed by atoms with Crippen molar-refractivity contribution in [1.29, 1.82) is 5.26 Å². The smallest absolute Gasteiger partial charge is 0.351 e. The number of aromatic nitrogens is 1. The minimum Gasteiger partial charge on any atom is -0.462 e. The Morgan fingerprint density at radius 3 is 2.65 bits per heavy atom. The Kier molecular flexibility index (Phi) is 9.01. The number of benzene rings is 1. The Bertz CT molecular complexity index is 1250. The standard InChI is InChI=1S/C24H29N5O4S/c1-3-29-22(31)20(34-23(29)19(15-25)24(32)33-4-2)16-26-17-8-7-9-18(14-17)27-21(30)10-13-28-11-5-6-12-28/h7-9,14,16,26H,3-6,10-13H2,1-2H3,(H,27,30). The zero-order valence-electron chi connectivity index (χ0n) is 19.4. The molecule has 0 saturated carbocycles. The van der Waals surface area contributed by atoms with Crippen LogP contribution in [-0.4, -0.2) is 47.6 Å². The van der Waals surface area contributed by atoms with Gasteiger partial charge in [0.25, 0.3) is 5.56 Å². The first-order valence-electron chi connectivity index (χ1n) is 11.4. The van der Waals surface area contributed by atoms with Crippen molar-refractivity contribution >= 4 is 46.4 Å². The molecular weight excluding hydrogens is 454 g/mol. The molecule has 2 heterocycles. The number of thiazole rings is 1. The third-order valence-corrected chi connectivity index (χ3v) is 6.53. The normalized spacial score (nSPS) is 15.0. The molecule has 0 atom stereocenters. The van der Waals surface area contributed by atoms with E-state index in [1.165, 1.54) is 23.6 Å². The fraction of sp³-hybridized carbons (Fsp3) is 0.417. The van der Waals surface area contributed by atoms with Gasteiger partial charge in [0.2, 0.25) is 5.91 Å². The van der Waals surface area contributed by atoms with E-state index in [1.807, 2.05) is 12.1 Å². The summed E-state index contributed by atoms with van der Waals surface area (Å²) in [5.41, 5.74) is 0.845. The average Bonchev–Trinajstić information content (AvgIpc) is 3.45. The number of nitriles is 1. The van der Waals surface area contributed by atoms with E-state index in [2.05, 4.69) is 15.5 Å². The summed E-state index contributed by atoms with van der Waals surface area (Å²) in [5.74, 6) is -0.790. The van der Waals surface area contributed by atoms with Crippen molar-refractivity contribution in [2.24, 2.45) is 0 Å². The van der Waals surface area contributed by atoms with Crippen LogP contribution >= 0.6 is 11.3 Å². The van der Waals surface area contributed by atoms with Crippen molar-refractivity contribution in [2.75, 3.05) is 36.9 Å². The number of hydrogen-bond donors (Lipinski definition) is 2. The second-order valence-corrected chi connectivity index (χ2v) is 8.78. The Hall–Kier alpha value is -3.42. The van der Waals surface area contributed by atoms with Crippen molar-refractivity contribution in [1.82, 2.24) is 9.47 Å². The molecule has 1 aliphatic heterocycles. The molecule has 0 aliphatic carbocycles. The van der Waals surface area contributed by atoms with E-state index in [9.17, 15) is 19.6 Å². The molecule has 1 aromatic heterocycles. The predicted octanol–water partition coefficient (Wildman–Crippen LogP) is 1.44. The molecule has 1 amide bonds. The highest BCUT2D eigenvalue weighted by molar-refractivity contribution is 7.07. The maximum atomic E-state index is 12.8. The van der Waals surface area contributed by atoms with Gasteiger partial charge in [0, 0.05) is 37.1 Å². The van der Waals surface area contributed by atoms with Crippen LogP contribution in [0.15, 0.2) is 29.1 Å². The molecule has 34 heavy (non-hydrogen) atoms. The van der Waals surface area contributed by atoms with Gasteiger partial charge in [-0.05, 0) is 58.0 Å². The van der Waals surface area contributed by atoms with Crippen LogP contribution in [0.4, 0.5) is 11.4 Å². The number of likely N-dealkylation sites (tertiary alicyclic amines) is 1. The van der Waals surface area contributed by atoms with Gasteiger partial charge in [-0.25, -0.2) is 4.79 Å². The topological polar surface area (TPSA) is 116 Å². The Balaban J connectivity index is 1.77. The van der Waals surface area contributed by atoms with E-state index in [0.29, 0.717) is 28.9 Å². The summed E-state index contributed by atoms with van der Waals surface area (Å²) in [6.07, 6.45) is 4.37. The number of nitrogens with zero attached hydrogens (tertiary/aromatic N) is 3. The van der Waals surface area contributed by atoms with Crippen molar-refractivity contribution in [2.45, 2.75) is 39.7 Å². The Morgan fingerprint density at radius 2 is 1.97 bits per heavy atom. The van der Waals surface area contributed by atoms with Crippen molar-refractivity contribution in [3.05, 3.63) is 43.8 Å². The zero-order valence-corrected chi connectivity index (χ0v) is 20.2. The lowest BCUT2D eigenvalue weighted by Crippen LogP contribution is -2.32. The van der Waals surface area contributed by atoms with Crippen LogP contribution in [0.5, 0.6) is 0 Å². The minimum atomic E-state index is -0.749. The van der Waals surface area contributed by atoms with Gasteiger partial charge in [0.05, 0.1) is 6.61 Å². The lowest BCUT2D eigenvalue weighted by Gasteiger charge is -2.14. The number of nitrogens with one attached hydrogen (secondary N) is 2. The molecule has 10 heteroatoms.